The van der Waals surface area contributed by atoms with Crippen LogP contribution in [-0.4, -0.2) is 26.4 Å². The van der Waals surface area contributed by atoms with Gasteiger partial charge in [0.1, 0.15) is 12.0 Å². The van der Waals surface area contributed by atoms with Gasteiger partial charge in [-0.25, -0.2) is 4.68 Å². The first-order valence-corrected chi connectivity index (χ1v) is 3.62. The molecule has 0 aliphatic heterocycles. The zero-order chi connectivity index (χ0) is 9.10. The molecule has 2 heterocycles. The van der Waals surface area contributed by atoms with Crippen LogP contribution in [-0.2, 0) is 6.54 Å². The van der Waals surface area contributed by atoms with Crippen LogP contribution in [0.4, 0.5) is 0 Å². The number of rotatable bonds is 3. The minimum atomic E-state index is 0.316. The summed E-state index contributed by atoms with van der Waals surface area (Å²) in [4.78, 5) is 10.3. The number of aldehydes is 1. The lowest BCUT2D eigenvalue weighted by Gasteiger charge is -1.92. The molecular weight excluding hydrogens is 172 g/mol. The van der Waals surface area contributed by atoms with Gasteiger partial charge in [-0.2, -0.15) is 0 Å². The van der Waals surface area contributed by atoms with E-state index in [9.17, 15) is 4.79 Å². The van der Waals surface area contributed by atoms with Crippen molar-refractivity contribution >= 4 is 6.29 Å². The Morgan fingerprint density at radius 3 is 3.15 bits per heavy atom. The third-order valence-corrected chi connectivity index (χ3v) is 1.51. The van der Waals surface area contributed by atoms with Crippen LogP contribution < -0.4 is 0 Å². The maximum Gasteiger partial charge on any atom is 0.171 e. The summed E-state index contributed by atoms with van der Waals surface area (Å²) in [6, 6.07) is 0. The lowest BCUT2D eigenvalue weighted by molar-refractivity contribution is 0.111. The van der Waals surface area contributed by atoms with Crippen LogP contribution in [0.5, 0.6) is 0 Å². The number of nitrogens with zero attached hydrogens (tertiary/aromatic N) is 4. The quantitative estimate of drug-likeness (QED) is 0.624. The Morgan fingerprint density at radius 1 is 1.62 bits per heavy atom. The maximum absolute atomic E-state index is 10.3. The molecule has 6 heteroatoms. The standard InChI is InChI=1S/C7H6N4O2/c12-4-7-3-11(10-9-7)2-6-1-8-13-5-6/h1,3-5H,2H2. The molecule has 0 aromatic carbocycles. The monoisotopic (exact) mass is 178 g/mol. The molecule has 0 amide bonds. The average Bonchev–Trinajstić information content (AvgIpc) is 2.76. The molecule has 0 fully saturated rings. The minimum Gasteiger partial charge on any atom is -0.364 e. The molecule has 0 spiro atoms. The molecule has 2 aromatic rings. The molecule has 0 saturated carbocycles. The second-order valence-corrected chi connectivity index (χ2v) is 2.49. The fourth-order valence-corrected chi connectivity index (χ4v) is 0.937. The van der Waals surface area contributed by atoms with Crippen molar-refractivity contribution in [1.29, 1.82) is 0 Å². The Hall–Kier alpha value is -1.98. The molecule has 0 radical (unpaired) electrons. The minimum absolute atomic E-state index is 0.316. The highest BCUT2D eigenvalue weighted by Gasteiger charge is 2.00. The molecule has 0 atom stereocenters. The van der Waals surface area contributed by atoms with E-state index in [0.29, 0.717) is 18.5 Å². The number of hydrogen-bond acceptors (Lipinski definition) is 5. The molecule has 0 bridgehead atoms. The highest BCUT2D eigenvalue weighted by molar-refractivity contribution is 5.70. The molecule has 0 aliphatic rings. The summed E-state index contributed by atoms with van der Waals surface area (Å²) in [7, 11) is 0. The molecule has 66 valence electrons. The normalized spacial score (nSPS) is 10.2. The number of aromatic nitrogens is 4. The van der Waals surface area contributed by atoms with E-state index >= 15 is 0 Å². The van der Waals surface area contributed by atoms with Gasteiger partial charge in [0, 0.05) is 5.56 Å². The lowest BCUT2D eigenvalue weighted by atomic mass is 10.4. The van der Waals surface area contributed by atoms with E-state index in [1.54, 1.807) is 12.4 Å². The van der Waals surface area contributed by atoms with Crippen LogP contribution in [0.25, 0.3) is 0 Å². The van der Waals surface area contributed by atoms with Crippen LogP contribution in [0.1, 0.15) is 16.1 Å². The third kappa shape index (κ3) is 1.61. The molecular formula is C7H6N4O2. The van der Waals surface area contributed by atoms with Gasteiger partial charge < -0.3 is 4.52 Å². The van der Waals surface area contributed by atoms with E-state index in [1.165, 1.54) is 10.9 Å². The molecule has 2 rings (SSSR count). The van der Waals surface area contributed by atoms with Gasteiger partial charge in [0.15, 0.2) is 6.29 Å². The molecule has 0 N–H and O–H groups in total. The Bertz CT molecular complexity index is 392. The van der Waals surface area contributed by atoms with E-state index in [4.69, 9.17) is 0 Å². The third-order valence-electron chi connectivity index (χ3n) is 1.51. The van der Waals surface area contributed by atoms with Gasteiger partial charge >= 0.3 is 0 Å². The molecule has 0 saturated heterocycles. The number of carbonyl (C=O) groups excluding carboxylic acids is 1. The predicted octanol–water partition coefficient (Wildman–Crippen LogP) is 0.127. The molecule has 13 heavy (non-hydrogen) atoms. The van der Waals surface area contributed by atoms with Gasteiger partial charge in [-0.15, -0.1) is 5.10 Å². The molecule has 2 aromatic heterocycles. The Labute approximate surface area is 73.1 Å². The van der Waals surface area contributed by atoms with E-state index in [2.05, 4.69) is 20.0 Å². The maximum atomic E-state index is 10.3. The molecule has 0 aliphatic carbocycles. The Morgan fingerprint density at radius 2 is 2.54 bits per heavy atom. The van der Waals surface area contributed by atoms with Crippen molar-refractivity contribution in [2.24, 2.45) is 0 Å². The molecule has 6 nitrogen and oxygen atoms in total. The van der Waals surface area contributed by atoms with Crippen molar-refractivity contribution in [2.75, 3.05) is 0 Å². The number of carbonyl (C=O) groups is 1. The Balaban J connectivity index is 2.14. The fourth-order valence-electron chi connectivity index (χ4n) is 0.937. The Kier molecular flexibility index (Phi) is 1.87. The zero-order valence-electron chi connectivity index (χ0n) is 6.62. The highest BCUT2D eigenvalue weighted by atomic mass is 16.5. The van der Waals surface area contributed by atoms with Gasteiger partial charge in [-0.3, -0.25) is 4.79 Å². The van der Waals surface area contributed by atoms with Crippen LogP contribution in [0.15, 0.2) is 23.2 Å². The van der Waals surface area contributed by atoms with Gasteiger partial charge in [-0.05, 0) is 0 Å². The van der Waals surface area contributed by atoms with Crippen LogP contribution >= 0.6 is 0 Å². The van der Waals surface area contributed by atoms with Crippen molar-refractivity contribution in [2.45, 2.75) is 6.54 Å². The van der Waals surface area contributed by atoms with Crippen molar-refractivity contribution in [3.63, 3.8) is 0 Å². The van der Waals surface area contributed by atoms with E-state index < -0.39 is 0 Å². The first kappa shape index (κ1) is 7.66. The summed E-state index contributed by atoms with van der Waals surface area (Å²) >= 11 is 0. The van der Waals surface area contributed by atoms with Gasteiger partial charge in [0.25, 0.3) is 0 Å². The van der Waals surface area contributed by atoms with Crippen molar-refractivity contribution in [3.8, 4) is 0 Å². The van der Waals surface area contributed by atoms with E-state index in [-0.39, 0.29) is 0 Å². The van der Waals surface area contributed by atoms with Crippen molar-refractivity contribution in [1.82, 2.24) is 20.2 Å². The van der Waals surface area contributed by atoms with E-state index in [0.717, 1.165) is 5.56 Å². The number of hydrogen-bond donors (Lipinski definition) is 0. The van der Waals surface area contributed by atoms with Crippen LogP contribution in [0.3, 0.4) is 0 Å². The average molecular weight is 178 g/mol. The van der Waals surface area contributed by atoms with E-state index in [1.807, 2.05) is 0 Å². The second-order valence-electron chi connectivity index (χ2n) is 2.49. The highest BCUT2D eigenvalue weighted by Crippen LogP contribution is 1.99. The smallest absolute Gasteiger partial charge is 0.171 e. The van der Waals surface area contributed by atoms with Gasteiger partial charge in [-0.1, -0.05) is 10.4 Å². The first-order chi connectivity index (χ1) is 6.38. The largest absolute Gasteiger partial charge is 0.364 e. The second kappa shape index (κ2) is 3.18. The lowest BCUT2D eigenvalue weighted by Crippen LogP contribution is -1.98. The summed E-state index contributed by atoms with van der Waals surface area (Å²) in [5.41, 5.74) is 1.19. The molecule has 0 unspecified atom stereocenters. The summed E-state index contributed by atoms with van der Waals surface area (Å²) in [6.45, 7) is 0.504. The fraction of sp³-hybridized carbons (Fsp3) is 0.143. The van der Waals surface area contributed by atoms with Crippen molar-refractivity contribution < 1.29 is 9.32 Å². The van der Waals surface area contributed by atoms with Gasteiger partial charge in [0.05, 0.1) is 18.9 Å². The summed E-state index contributed by atoms with van der Waals surface area (Å²) in [5, 5.41) is 10.9. The van der Waals surface area contributed by atoms with Crippen LogP contribution in [0.2, 0.25) is 0 Å². The summed E-state index contributed by atoms with van der Waals surface area (Å²) < 4.78 is 6.18. The summed E-state index contributed by atoms with van der Waals surface area (Å²) in [5.74, 6) is 0. The van der Waals surface area contributed by atoms with Crippen LogP contribution in [0, 0.1) is 0 Å². The predicted molar refractivity (Wildman–Crippen MR) is 41.0 cm³/mol. The van der Waals surface area contributed by atoms with Gasteiger partial charge in [0.2, 0.25) is 0 Å². The van der Waals surface area contributed by atoms with Crippen molar-refractivity contribution in [3.05, 3.63) is 29.9 Å². The summed E-state index contributed by atoms with van der Waals surface area (Å²) in [6.07, 6.45) is 5.31. The topological polar surface area (TPSA) is 73.8 Å². The SMILES string of the molecule is O=Cc1cn(Cc2cnoc2)nn1. The first-order valence-electron chi connectivity index (χ1n) is 3.62. The zero-order valence-corrected chi connectivity index (χ0v) is 6.62.